The Morgan fingerprint density at radius 2 is 2.27 bits per heavy atom. The fraction of sp³-hybridized carbons (Fsp3) is 0.412. The molecule has 3 heterocycles. The maximum atomic E-state index is 12.1. The summed E-state index contributed by atoms with van der Waals surface area (Å²) in [7, 11) is 4.98. The van der Waals surface area contributed by atoms with E-state index in [1.54, 1.807) is 36.2 Å². The summed E-state index contributed by atoms with van der Waals surface area (Å²) >= 11 is 0. The van der Waals surface area contributed by atoms with Crippen molar-refractivity contribution in [3.63, 3.8) is 0 Å². The number of carbonyl (C=O) groups is 1. The second-order valence-corrected chi connectivity index (χ2v) is 6.16. The average Bonchev–Trinajstić information content (AvgIpc) is 3.07. The summed E-state index contributed by atoms with van der Waals surface area (Å²) < 4.78 is 7.04. The Kier molecular flexibility index (Phi) is 4.93. The van der Waals surface area contributed by atoms with Crippen molar-refractivity contribution in [1.82, 2.24) is 24.6 Å². The number of hydrogen-bond acceptors (Lipinski definition) is 6. The highest BCUT2D eigenvalue weighted by Crippen LogP contribution is 2.23. The van der Waals surface area contributed by atoms with E-state index in [4.69, 9.17) is 4.74 Å². The van der Waals surface area contributed by atoms with E-state index in [1.165, 1.54) is 7.11 Å². The Labute approximate surface area is 151 Å². The normalized spacial score (nSPS) is 12.9. The molecule has 26 heavy (non-hydrogen) atoms. The SMILES string of the molecule is COc1nccc(NCc2cc3n(n2)CCN(C(=O)N(C)C)C3)c1C#N. The van der Waals surface area contributed by atoms with Gasteiger partial charge in [-0.15, -0.1) is 0 Å². The molecular weight excluding hydrogens is 334 g/mol. The van der Waals surface area contributed by atoms with Gasteiger partial charge in [-0.3, -0.25) is 4.68 Å². The minimum absolute atomic E-state index is 0.000308. The highest BCUT2D eigenvalue weighted by molar-refractivity contribution is 5.73. The lowest BCUT2D eigenvalue weighted by molar-refractivity contribution is 0.155. The van der Waals surface area contributed by atoms with Crippen LogP contribution in [-0.4, -0.2) is 58.3 Å². The number of aromatic nitrogens is 3. The lowest BCUT2D eigenvalue weighted by atomic mass is 10.2. The van der Waals surface area contributed by atoms with Crippen LogP contribution in [-0.2, 0) is 19.6 Å². The van der Waals surface area contributed by atoms with E-state index >= 15 is 0 Å². The van der Waals surface area contributed by atoms with Gasteiger partial charge in [0.2, 0.25) is 5.88 Å². The molecule has 1 aliphatic rings. The van der Waals surface area contributed by atoms with E-state index in [-0.39, 0.29) is 6.03 Å². The Bertz CT molecular complexity index is 853. The van der Waals surface area contributed by atoms with Crippen LogP contribution in [0.3, 0.4) is 0 Å². The number of anilines is 1. The van der Waals surface area contributed by atoms with Gasteiger partial charge in [0.1, 0.15) is 11.6 Å². The summed E-state index contributed by atoms with van der Waals surface area (Å²) in [6, 6.07) is 5.81. The molecule has 0 atom stereocenters. The van der Waals surface area contributed by atoms with Crippen LogP contribution in [0.1, 0.15) is 17.0 Å². The summed E-state index contributed by atoms with van der Waals surface area (Å²) in [4.78, 5) is 19.5. The fourth-order valence-electron chi connectivity index (χ4n) is 2.90. The highest BCUT2D eigenvalue weighted by atomic mass is 16.5. The third-order valence-electron chi connectivity index (χ3n) is 4.18. The van der Waals surface area contributed by atoms with Crippen molar-refractivity contribution >= 4 is 11.7 Å². The lowest BCUT2D eigenvalue weighted by Gasteiger charge is -2.29. The molecule has 0 saturated carbocycles. The van der Waals surface area contributed by atoms with Crippen molar-refractivity contribution in [3.8, 4) is 11.9 Å². The molecule has 0 unspecified atom stereocenters. The largest absolute Gasteiger partial charge is 0.480 e. The summed E-state index contributed by atoms with van der Waals surface area (Å²) in [5, 5.41) is 17.1. The first-order valence-electron chi connectivity index (χ1n) is 8.22. The summed E-state index contributed by atoms with van der Waals surface area (Å²) in [6.07, 6.45) is 1.59. The maximum Gasteiger partial charge on any atom is 0.319 e. The van der Waals surface area contributed by atoms with Crippen LogP contribution in [0.15, 0.2) is 18.3 Å². The molecule has 136 valence electrons. The van der Waals surface area contributed by atoms with E-state index < -0.39 is 0 Å². The van der Waals surface area contributed by atoms with Gasteiger partial charge in [-0.1, -0.05) is 0 Å². The number of ether oxygens (including phenoxy) is 1. The molecule has 1 N–H and O–H groups in total. The molecule has 3 rings (SSSR count). The van der Waals surface area contributed by atoms with Gasteiger partial charge in [0.15, 0.2) is 0 Å². The molecule has 9 heteroatoms. The number of carbonyl (C=O) groups excluding carboxylic acids is 1. The zero-order valence-corrected chi connectivity index (χ0v) is 15.1. The van der Waals surface area contributed by atoms with Crippen LogP contribution in [0.5, 0.6) is 5.88 Å². The number of urea groups is 1. The number of rotatable bonds is 4. The molecule has 0 aliphatic carbocycles. The Hall–Kier alpha value is -3.28. The van der Waals surface area contributed by atoms with E-state index in [9.17, 15) is 10.1 Å². The molecule has 9 nitrogen and oxygen atoms in total. The van der Waals surface area contributed by atoms with Crippen molar-refractivity contribution in [2.24, 2.45) is 0 Å². The van der Waals surface area contributed by atoms with Gasteiger partial charge < -0.3 is 19.9 Å². The number of hydrogen-bond donors (Lipinski definition) is 1. The topological polar surface area (TPSA) is 99.3 Å². The third-order valence-corrected chi connectivity index (χ3v) is 4.18. The Morgan fingerprint density at radius 3 is 2.96 bits per heavy atom. The van der Waals surface area contributed by atoms with E-state index in [0.717, 1.165) is 11.4 Å². The number of nitriles is 1. The van der Waals surface area contributed by atoms with Crippen molar-refractivity contribution in [3.05, 3.63) is 35.3 Å². The molecule has 1 aliphatic heterocycles. The summed E-state index contributed by atoms with van der Waals surface area (Å²) in [6.45, 7) is 2.31. The standard InChI is InChI=1S/C17H21N7O2/c1-22(2)17(25)23-6-7-24-13(11-23)8-12(21-24)10-20-15-4-5-19-16(26-3)14(15)9-18/h4-5,8H,6-7,10-11H2,1-3H3,(H,19,20). The van der Waals surface area contributed by atoms with Crippen LogP contribution in [0, 0.1) is 11.3 Å². The second-order valence-electron chi connectivity index (χ2n) is 6.16. The van der Waals surface area contributed by atoms with Crippen molar-refractivity contribution in [2.75, 3.05) is 33.1 Å². The quantitative estimate of drug-likeness (QED) is 0.887. The van der Waals surface area contributed by atoms with Crippen molar-refractivity contribution < 1.29 is 9.53 Å². The van der Waals surface area contributed by atoms with Crippen LogP contribution < -0.4 is 10.1 Å². The predicted molar refractivity (Wildman–Crippen MR) is 94.6 cm³/mol. The fourth-order valence-corrected chi connectivity index (χ4v) is 2.90. The Morgan fingerprint density at radius 1 is 1.46 bits per heavy atom. The molecule has 0 bridgehead atoms. The molecule has 0 aromatic carbocycles. The number of methoxy groups -OCH3 is 1. The van der Waals surface area contributed by atoms with E-state index in [0.29, 0.717) is 43.3 Å². The molecule has 2 aromatic rings. The monoisotopic (exact) mass is 355 g/mol. The van der Waals surface area contributed by atoms with Crippen molar-refractivity contribution in [1.29, 1.82) is 5.26 Å². The number of nitrogens with zero attached hydrogens (tertiary/aromatic N) is 6. The number of fused-ring (bicyclic) bond motifs is 1. The molecule has 2 aromatic heterocycles. The van der Waals surface area contributed by atoms with Gasteiger partial charge in [0.05, 0.1) is 43.8 Å². The lowest BCUT2D eigenvalue weighted by Crippen LogP contribution is -2.43. The first kappa shape index (κ1) is 17.5. The van der Waals surface area contributed by atoms with Crippen LogP contribution in [0.25, 0.3) is 0 Å². The number of nitrogens with one attached hydrogen (secondary N) is 1. The van der Waals surface area contributed by atoms with Gasteiger partial charge in [-0.25, -0.2) is 9.78 Å². The summed E-state index contributed by atoms with van der Waals surface area (Å²) in [5.41, 5.74) is 2.85. The van der Waals surface area contributed by atoms with Crippen molar-refractivity contribution in [2.45, 2.75) is 19.6 Å². The summed E-state index contributed by atoms with van der Waals surface area (Å²) in [5.74, 6) is 0.291. The van der Waals surface area contributed by atoms with Crippen LogP contribution in [0.2, 0.25) is 0 Å². The number of amides is 2. The molecule has 0 spiro atoms. The van der Waals surface area contributed by atoms with Crippen LogP contribution in [0.4, 0.5) is 10.5 Å². The first-order valence-corrected chi connectivity index (χ1v) is 8.22. The van der Waals surface area contributed by atoms with E-state index in [1.807, 2.05) is 10.7 Å². The molecule has 0 radical (unpaired) electrons. The van der Waals surface area contributed by atoms with Gasteiger partial charge >= 0.3 is 6.03 Å². The molecule has 2 amide bonds. The van der Waals surface area contributed by atoms with E-state index in [2.05, 4.69) is 21.5 Å². The zero-order valence-electron chi connectivity index (χ0n) is 15.1. The second kappa shape index (κ2) is 7.31. The van der Waals surface area contributed by atoms with Gasteiger partial charge in [-0.2, -0.15) is 10.4 Å². The maximum absolute atomic E-state index is 12.1. The Balaban J connectivity index is 1.71. The van der Waals surface area contributed by atoms with Gasteiger partial charge in [0.25, 0.3) is 0 Å². The smallest absolute Gasteiger partial charge is 0.319 e. The third kappa shape index (κ3) is 3.39. The molecule has 0 fully saturated rings. The minimum Gasteiger partial charge on any atom is -0.480 e. The van der Waals surface area contributed by atoms with Gasteiger partial charge in [-0.05, 0) is 12.1 Å². The zero-order chi connectivity index (χ0) is 18.7. The minimum atomic E-state index is -0.000308. The molecular formula is C17H21N7O2. The molecule has 0 saturated heterocycles. The highest BCUT2D eigenvalue weighted by Gasteiger charge is 2.23. The van der Waals surface area contributed by atoms with Gasteiger partial charge in [0, 0.05) is 26.8 Å². The van der Waals surface area contributed by atoms with Crippen LogP contribution >= 0.6 is 0 Å². The average molecular weight is 355 g/mol. The number of pyridine rings is 1. The first-order chi connectivity index (χ1) is 12.5. The predicted octanol–water partition coefficient (Wildman–Crippen LogP) is 1.27.